The van der Waals surface area contributed by atoms with Crippen LogP contribution in [0.15, 0.2) is 54.6 Å². The molecule has 0 aliphatic carbocycles. The van der Waals surface area contributed by atoms with E-state index in [0.29, 0.717) is 27.8 Å². The number of aromatic nitrogens is 3. The number of halogens is 1. The molecule has 8 nitrogen and oxygen atoms in total. The van der Waals surface area contributed by atoms with Crippen molar-refractivity contribution in [1.82, 2.24) is 9.90 Å². The lowest BCUT2D eigenvalue weighted by atomic mass is 10.2. The summed E-state index contributed by atoms with van der Waals surface area (Å²) in [6.45, 7) is 0. The van der Waals surface area contributed by atoms with Crippen molar-refractivity contribution in [1.29, 1.82) is 0 Å². The van der Waals surface area contributed by atoms with Gasteiger partial charge >= 0.3 is 5.88 Å². The molecule has 3 N–H and O–H groups in total. The van der Waals surface area contributed by atoms with Gasteiger partial charge in [-0.3, -0.25) is 4.72 Å². The van der Waals surface area contributed by atoms with Crippen LogP contribution in [-0.4, -0.2) is 35.2 Å². The zero-order chi connectivity index (χ0) is 18.5. The minimum Gasteiger partial charge on any atom is -0.870 e. The van der Waals surface area contributed by atoms with Crippen molar-refractivity contribution in [2.24, 2.45) is 0 Å². The monoisotopic (exact) mass is 390 g/mol. The van der Waals surface area contributed by atoms with Crippen molar-refractivity contribution in [3.8, 4) is 11.6 Å². The lowest BCUT2D eigenvalue weighted by Gasteiger charge is -2.06. The minimum absolute atomic E-state index is 0. The molecule has 2 aromatic carbocycles. The molecule has 10 heteroatoms. The van der Waals surface area contributed by atoms with Crippen LogP contribution in [0.5, 0.6) is 5.88 Å². The van der Waals surface area contributed by atoms with Crippen molar-refractivity contribution < 1.29 is 27.9 Å². The lowest BCUT2D eigenvalue weighted by Crippen LogP contribution is -2.26. The summed E-state index contributed by atoms with van der Waals surface area (Å²) in [6, 6.07) is 14.1. The van der Waals surface area contributed by atoms with Gasteiger partial charge in [0.2, 0.25) is 15.5 Å². The highest BCUT2D eigenvalue weighted by Crippen LogP contribution is 2.28. The van der Waals surface area contributed by atoms with Gasteiger partial charge < -0.3 is 10.6 Å². The van der Waals surface area contributed by atoms with Crippen molar-refractivity contribution in [2.45, 2.75) is 0 Å². The average molecular weight is 390 g/mol. The first-order valence-electron chi connectivity index (χ1n) is 7.63. The van der Waals surface area contributed by atoms with E-state index in [0.717, 1.165) is 6.26 Å². The summed E-state index contributed by atoms with van der Waals surface area (Å²) in [6.07, 6.45) is 1.06. The number of sulfonamides is 1. The third kappa shape index (κ3) is 3.27. The molecular formula is C17H15FN4O4S. The number of nitrogens with one attached hydrogen (secondary N) is 1. The van der Waals surface area contributed by atoms with Crippen molar-refractivity contribution in [3.05, 3.63) is 60.4 Å². The quantitative estimate of drug-likeness (QED) is 0.517. The molecule has 0 amide bonds. The Balaban J connectivity index is 0.00000210. The normalized spacial score (nSPS) is 11.5. The molecule has 0 saturated carbocycles. The number of rotatable bonds is 3. The third-order valence-electron chi connectivity index (χ3n) is 3.91. The predicted molar refractivity (Wildman–Crippen MR) is 96.3 cm³/mol. The van der Waals surface area contributed by atoms with Crippen LogP contribution in [0.3, 0.4) is 0 Å². The molecule has 0 atom stereocenters. The summed E-state index contributed by atoms with van der Waals surface area (Å²) in [5.41, 5.74) is 1.71. The predicted octanol–water partition coefficient (Wildman–Crippen LogP) is 1.80. The SMILES string of the molecule is CS(=O)(=O)Nc1cc2c(O)n(-c3ccc(F)cc3)n[n+]2c2ccccc12.[OH-]. The zero-order valence-corrected chi connectivity index (χ0v) is 14.9. The van der Waals surface area contributed by atoms with Crippen molar-refractivity contribution >= 4 is 32.1 Å². The molecular weight excluding hydrogens is 375 g/mol. The van der Waals surface area contributed by atoms with E-state index in [1.165, 1.54) is 39.5 Å². The van der Waals surface area contributed by atoms with Gasteiger partial charge in [-0.05, 0) is 36.4 Å². The van der Waals surface area contributed by atoms with E-state index in [1.807, 2.05) is 0 Å². The van der Waals surface area contributed by atoms with Crippen LogP contribution < -0.4 is 9.24 Å². The van der Waals surface area contributed by atoms with Crippen LogP contribution in [0.1, 0.15) is 0 Å². The largest absolute Gasteiger partial charge is 0.870 e. The highest BCUT2D eigenvalue weighted by Gasteiger charge is 2.25. The van der Waals surface area contributed by atoms with E-state index >= 15 is 0 Å². The maximum absolute atomic E-state index is 13.2. The number of fused-ring (bicyclic) bond motifs is 3. The summed E-state index contributed by atoms with van der Waals surface area (Å²) in [7, 11) is -3.51. The number of aromatic hydroxyl groups is 1. The van der Waals surface area contributed by atoms with E-state index in [1.54, 1.807) is 24.3 Å². The Labute approximate surface area is 153 Å². The molecule has 0 radical (unpaired) electrons. The molecule has 4 rings (SSSR count). The number of para-hydroxylation sites is 1. The smallest absolute Gasteiger partial charge is 0.359 e. The average Bonchev–Trinajstić information content (AvgIpc) is 2.92. The number of hydrogen-bond acceptors (Lipinski definition) is 5. The molecule has 0 aliphatic rings. The Morgan fingerprint density at radius 3 is 2.44 bits per heavy atom. The number of hydrogen-bond donors (Lipinski definition) is 2. The van der Waals surface area contributed by atoms with Gasteiger partial charge in [0.15, 0.2) is 11.2 Å². The summed E-state index contributed by atoms with van der Waals surface area (Å²) in [5, 5.41) is 15.6. The fourth-order valence-corrected chi connectivity index (χ4v) is 3.40. The van der Waals surface area contributed by atoms with E-state index in [2.05, 4.69) is 9.94 Å². The molecule has 0 aliphatic heterocycles. The highest BCUT2D eigenvalue weighted by atomic mass is 32.2. The van der Waals surface area contributed by atoms with Crippen LogP contribution >= 0.6 is 0 Å². The van der Waals surface area contributed by atoms with Crippen LogP contribution in [-0.2, 0) is 10.0 Å². The zero-order valence-electron chi connectivity index (χ0n) is 14.0. The van der Waals surface area contributed by atoms with Gasteiger partial charge in [-0.15, -0.1) is 0 Å². The molecule has 2 heterocycles. The number of benzene rings is 2. The van der Waals surface area contributed by atoms with E-state index in [-0.39, 0.29) is 11.4 Å². The second-order valence-corrected chi connectivity index (χ2v) is 7.60. The Bertz CT molecular complexity index is 1250. The fourth-order valence-electron chi connectivity index (χ4n) is 2.83. The van der Waals surface area contributed by atoms with E-state index < -0.39 is 15.8 Å². The summed E-state index contributed by atoms with van der Waals surface area (Å²) >= 11 is 0. The van der Waals surface area contributed by atoms with Gasteiger partial charge in [0, 0.05) is 11.5 Å². The second-order valence-electron chi connectivity index (χ2n) is 5.85. The third-order valence-corrected chi connectivity index (χ3v) is 4.50. The Hall–Kier alpha value is -3.24. The molecule has 4 aromatic rings. The van der Waals surface area contributed by atoms with E-state index in [9.17, 15) is 17.9 Å². The molecule has 0 fully saturated rings. The lowest BCUT2D eigenvalue weighted by molar-refractivity contribution is -0.555. The van der Waals surface area contributed by atoms with Crippen LogP contribution in [0.25, 0.3) is 22.1 Å². The minimum atomic E-state index is -3.51. The number of nitrogens with zero attached hydrogens (tertiary/aromatic N) is 3. The second kappa shape index (κ2) is 6.49. The Kier molecular flexibility index (Phi) is 4.46. The Morgan fingerprint density at radius 2 is 1.78 bits per heavy atom. The summed E-state index contributed by atoms with van der Waals surface area (Å²) in [5.74, 6) is -0.596. The summed E-state index contributed by atoms with van der Waals surface area (Å²) < 4.78 is 41.8. The van der Waals surface area contributed by atoms with Gasteiger partial charge in [0.25, 0.3) is 0 Å². The molecule has 2 aromatic heterocycles. The Morgan fingerprint density at radius 1 is 1.11 bits per heavy atom. The van der Waals surface area contributed by atoms with Gasteiger partial charge in [-0.2, -0.15) is 0 Å². The van der Waals surface area contributed by atoms with Crippen molar-refractivity contribution in [2.75, 3.05) is 11.0 Å². The highest BCUT2D eigenvalue weighted by molar-refractivity contribution is 7.92. The first kappa shape index (κ1) is 18.5. The van der Waals surface area contributed by atoms with E-state index in [4.69, 9.17) is 0 Å². The first-order valence-corrected chi connectivity index (χ1v) is 9.52. The molecule has 0 unspecified atom stereocenters. The molecule has 140 valence electrons. The van der Waals surface area contributed by atoms with Crippen LogP contribution in [0.2, 0.25) is 0 Å². The maximum atomic E-state index is 13.2. The first-order chi connectivity index (χ1) is 12.3. The van der Waals surface area contributed by atoms with Crippen molar-refractivity contribution in [3.63, 3.8) is 0 Å². The topological polar surface area (TPSA) is 118 Å². The molecule has 27 heavy (non-hydrogen) atoms. The molecule has 0 bridgehead atoms. The van der Waals surface area contributed by atoms with Crippen LogP contribution in [0.4, 0.5) is 10.1 Å². The van der Waals surface area contributed by atoms with Gasteiger partial charge in [-0.1, -0.05) is 21.3 Å². The number of pyridine rings is 1. The van der Waals surface area contributed by atoms with Gasteiger partial charge in [-0.25, -0.2) is 12.8 Å². The molecule has 0 saturated heterocycles. The van der Waals surface area contributed by atoms with Crippen LogP contribution in [0, 0.1) is 5.82 Å². The fraction of sp³-hybridized carbons (Fsp3) is 0.0588. The molecule has 0 spiro atoms. The number of anilines is 1. The summed E-state index contributed by atoms with van der Waals surface area (Å²) in [4.78, 5) is 0. The maximum Gasteiger partial charge on any atom is 0.359 e. The standard InChI is InChI=1S/C17H13FN4O3S.H2O/c1-26(24,25)19-14-10-16-17(23)21(12-8-6-11(18)7-9-12)20-22(16)15-5-3-2-4-13(14)15;/h2-10,20H,1H3;1H2. The van der Waals surface area contributed by atoms with Gasteiger partial charge in [0.1, 0.15) is 11.0 Å². The van der Waals surface area contributed by atoms with Gasteiger partial charge in [0.05, 0.1) is 11.9 Å².